The second kappa shape index (κ2) is 11.6. The molecule has 1 aliphatic rings. The standard InChI is InChI=1S/C18H24N2O4S.C6H13N/c1-12(2)11-15(18(21)22)19-25(23,24)17-10-6-7-13-14(17)8-5-9-16(13)20(3)4;7-6-4-2-1-3-5-6/h5-10,12,15,19H,11H2,1-4H3,(H,21,22);6H,1-5,7H2. The fourth-order valence-corrected chi connectivity index (χ4v) is 5.37. The molecule has 1 atom stereocenters. The van der Waals surface area contributed by atoms with Crippen molar-refractivity contribution in [1.82, 2.24) is 4.72 Å². The number of rotatable bonds is 7. The van der Waals surface area contributed by atoms with Gasteiger partial charge in [-0.15, -0.1) is 0 Å². The number of fused-ring (bicyclic) bond motifs is 1. The third kappa shape index (κ3) is 7.18. The summed E-state index contributed by atoms with van der Waals surface area (Å²) in [4.78, 5) is 13.4. The van der Waals surface area contributed by atoms with Gasteiger partial charge in [-0.05, 0) is 37.3 Å². The number of nitrogens with two attached hydrogens (primary N) is 1. The van der Waals surface area contributed by atoms with Gasteiger partial charge in [0.1, 0.15) is 6.04 Å². The largest absolute Gasteiger partial charge is 0.480 e. The van der Waals surface area contributed by atoms with Crippen molar-refractivity contribution in [2.75, 3.05) is 19.0 Å². The molecule has 0 amide bonds. The quantitative estimate of drug-likeness (QED) is 0.573. The normalized spacial score (nSPS) is 15.8. The molecule has 2 aromatic carbocycles. The topological polar surface area (TPSA) is 113 Å². The number of carboxylic acid groups (broad SMARTS) is 1. The van der Waals surface area contributed by atoms with Gasteiger partial charge in [-0.3, -0.25) is 4.79 Å². The second-order valence-corrected chi connectivity index (χ2v) is 10.7. The lowest BCUT2D eigenvalue weighted by Gasteiger charge is -2.19. The monoisotopic (exact) mass is 463 g/mol. The zero-order valence-corrected chi connectivity index (χ0v) is 20.4. The van der Waals surface area contributed by atoms with E-state index in [1.807, 2.05) is 45.0 Å². The third-order valence-electron chi connectivity index (χ3n) is 5.58. The van der Waals surface area contributed by atoms with Crippen molar-refractivity contribution in [1.29, 1.82) is 0 Å². The minimum absolute atomic E-state index is 0.0525. The van der Waals surface area contributed by atoms with Gasteiger partial charge in [0.05, 0.1) is 4.90 Å². The van der Waals surface area contributed by atoms with Gasteiger partial charge in [-0.2, -0.15) is 4.72 Å². The van der Waals surface area contributed by atoms with Crippen LogP contribution in [0.15, 0.2) is 41.3 Å². The SMILES string of the molecule is CC(C)CC(NS(=O)(=O)c1cccc2c(N(C)C)cccc12)C(=O)O.NC1CCCCC1. The van der Waals surface area contributed by atoms with Gasteiger partial charge in [0.2, 0.25) is 10.0 Å². The van der Waals surface area contributed by atoms with Crippen LogP contribution >= 0.6 is 0 Å². The van der Waals surface area contributed by atoms with Gasteiger partial charge in [0.15, 0.2) is 0 Å². The van der Waals surface area contributed by atoms with Crippen LogP contribution in [0.1, 0.15) is 52.4 Å². The van der Waals surface area contributed by atoms with E-state index in [1.54, 1.807) is 18.2 Å². The highest BCUT2D eigenvalue weighted by Crippen LogP contribution is 2.30. The zero-order valence-electron chi connectivity index (χ0n) is 19.5. The van der Waals surface area contributed by atoms with Crippen molar-refractivity contribution < 1.29 is 18.3 Å². The van der Waals surface area contributed by atoms with Crippen LogP contribution in [-0.2, 0) is 14.8 Å². The number of aliphatic carboxylic acids is 1. The van der Waals surface area contributed by atoms with Crippen LogP contribution in [0.3, 0.4) is 0 Å². The summed E-state index contributed by atoms with van der Waals surface area (Å²) in [7, 11) is -0.196. The van der Waals surface area contributed by atoms with E-state index in [2.05, 4.69) is 4.72 Å². The molecule has 3 rings (SSSR count). The molecule has 32 heavy (non-hydrogen) atoms. The number of nitrogens with zero attached hydrogens (tertiary/aromatic N) is 1. The van der Waals surface area contributed by atoms with Gasteiger partial charge >= 0.3 is 5.97 Å². The molecule has 7 nitrogen and oxygen atoms in total. The van der Waals surface area contributed by atoms with Crippen molar-refractivity contribution >= 4 is 32.5 Å². The van der Waals surface area contributed by atoms with Gasteiger partial charge < -0.3 is 15.7 Å². The Kier molecular flexibility index (Phi) is 9.48. The van der Waals surface area contributed by atoms with E-state index in [9.17, 15) is 18.3 Å². The Bertz CT molecular complexity index is 999. The molecule has 0 spiro atoms. The summed E-state index contributed by atoms with van der Waals surface area (Å²) in [5.41, 5.74) is 6.53. The third-order valence-corrected chi connectivity index (χ3v) is 7.11. The number of carboxylic acids is 1. The minimum atomic E-state index is -3.97. The number of sulfonamides is 1. The van der Waals surface area contributed by atoms with Crippen LogP contribution in [0.25, 0.3) is 10.8 Å². The van der Waals surface area contributed by atoms with Crippen molar-refractivity contribution in [3.8, 4) is 0 Å². The Morgan fingerprint density at radius 2 is 1.69 bits per heavy atom. The fraction of sp³-hybridized carbons (Fsp3) is 0.542. The van der Waals surface area contributed by atoms with Gasteiger partial charge in [-0.1, -0.05) is 57.4 Å². The van der Waals surface area contributed by atoms with E-state index < -0.39 is 22.0 Å². The Balaban J connectivity index is 0.000000439. The maximum Gasteiger partial charge on any atom is 0.321 e. The fourth-order valence-electron chi connectivity index (χ4n) is 3.94. The highest BCUT2D eigenvalue weighted by atomic mass is 32.2. The van der Waals surface area contributed by atoms with E-state index in [4.69, 9.17) is 5.73 Å². The zero-order chi connectivity index (χ0) is 23.9. The van der Waals surface area contributed by atoms with Crippen LogP contribution < -0.4 is 15.4 Å². The summed E-state index contributed by atoms with van der Waals surface area (Å²) in [6.45, 7) is 3.71. The van der Waals surface area contributed by atoms with E-state index in [0.717, 1.165) is 11.1 Å². The summed E-state index contributed by atoms with van der Waals surface area (Å²) in [5.74, 6) is -1.12. The Hall–Kier alpha value is -2.16. The lowest BCUT2D eigenvalue weighted by molar-refractivity contribution is -0.139. The smallest absolute Gasteiger partial charge is 0.321 e. The van der Waals surface area contributed by atoms with Crippen LogP contribution in [0.4, 0.5) is 5.69 Å². The molecule has 0 radical (unpaired) electrons. The summed E-state index contributed by atoms with van der Waals surface area (Å²) in [6, 6.07) is 9.83. The molecule has 4 N–H and O–H groups in total. The molecule has 0 aliphatic heterocycles. The molecule has 1 aliphatic carbocycles. The van der Waals surface area contributed by atoms with E-state index in [-0.39, 0.29) is 17.2 Å². The van der Waals surface area contributed by atoms with Crippen molar-refractivity contribution in [3.63, 3.8) is 0 Å². The van der Waals surface area contributed by atoms with Crippen molar-refractivity contribution in [2.24, 2.45) is 11.7 Å². The molecular weight excluding hydrogens is 426 g/mol. The molecule has 1 unspecified atom stereocenters. The average molecular weight is 464 g/mol. The molecule has 0 bridgehead atoms. The lowest BCUT2D eigenvalue weighted by Crippen LogP contribution is -2.41. The maximum atomic E-state index is 12.8. The van der Waals surface area contributed by atoms with E-state index in [0.29, 0.717) is 11.4 Å². The molecule has 1 saturated carbocycles. The van der Waals surface area contributed by atoms with Gasteiger partial charge in [0, 0.05) is 36.6 Å². The Labute approximate surface area is 192 Å². The highest BCUT2D eigenvalue weighted by Gasteiger charge is 2.27. The van der Waals surface area contributed by atoms with E-state index in [1.165, 1.54) is 38.2 Å². The van der Waals surface area contributed by atoms with Gasteiger partial charge in [-0.25, -0.2) is 8.42 Å². The van der Waals surface area contributed by atoms with Crippen molar-refractivity contribution in [2.45, 2.75) is 69.4 Å². The first-order valence-corrected chi connectivity index (χ1v) is 12.7. The molecule has 178 valence electrons. The number of anilines is 1. The predicted octanol–water partition coefficient (Wildman–Crippen LogP) is 3.96. The first kappa shape index (κ1) is 26.1. The van der Waals surface area contributed by atoms with Crippen LogP contribution in [0, 0.1) is 5.92 Å². The number of hydrogen-bond donors (Lipinski definition) is 3. The molecule has 8 heteroatoms. The predicted molar refractivity (Wildman–Crippen MR) is 131 cm³/mol. The summed E-state index contributed by atoms with van der Waals surface area (Å²) >= 11 is 0. The molecule has 0 aromatic heterocycles. The first-order valence-electron chi connectivity index (χ1n) is 11.2. The molecular formula is C24H37N3O4S. The molecule has 0 saturated heterocycles. The number of hydrogen-bond acceptors (Lipinski definition) is 5. The molecule has 2 aromatic rings. The van der Waals surface area contributed by atoms with E-state index >= 15 is 0 Å². The lowest BCUT2D eigenvalue weighted by atomic mass is 9.97. The number of nitrogens with one attached hydrogen (secondary N) is 1. The maximum absolute atomic E-state index is 12.8. The first-order chi connectivity index (χ1) is 15.0. The summed E-state index contributed by atoms with van der Waals surface area (Å²) in [6.07, 6.45) is 6.89. The molecule has 1 fully saturated rings. The van der Waals surface area contributed by atoms with Crippen molar-refractivity contribution in [3.05, 3.63) is 36.4 Å². The number of benzene rings is 2. The van der Waals surface area contributed by atoms with Gasteiger partial charge in [0.25, 0.3) is 0 Å². The van der Waals surface area contributed by atoms with Crippen LogP contribution in [-0.4, -0.2) is 45.7 Å². The molecule has 0 heterocycles. The summed E-state index contributed by atoms with van der Waals surface area (Å²) < 4.78 is 28.0. The van der Waals surface area contributed by atoms with Crippen LogP contribution in [0.2, 0.25) is 0 Å². The summed E-state index contributed by atoms with van der Waals surface area (Å²) in [5, 5.41) is 10.7. The Morgan fingerprint density at radius 3 is 2.19 bits per heavy atom. The number of carbonyl (C=O) groups is 1. The average Bonchev–Trinajstić information content (AvgIpc) is 2.72. The Morgan fingerprint density at radius 1 is 1.09 bits per heavy atom. The second-order valence-electron chi connectivity index (χ2n) is 9.06. The van der Waals surface area contributed by atoms with Crippen LogP contribution in [0.5, 0.6) is 0 Å². The minimum Gasteiger partial charge on any atom is -0.480 e. The highest BCUT2D eigenvalue weighted by molar-refractivity contribution is 7.89.